The van der Waals surface area contributed by atoms with Crippen LogP contribution in [0.1, 0.15) is 39.0 Å². The molecule has 24 heavy (non-hydrogen) atoms. The van der Waals surface area contributed by atoms with Gasteiger partial charge in [0.05, 0.1) is 5.92 Å². The van der Waals surface area contributed by atoms with Gasteiger partial charge in [-0.1, -0.05) is 13.3 Å². The first-order valence-corrected chi connectivity index (χ1v) is 7.45. The quantitative estimate of drug-likeness (QED) is 0.470. The molecule has 10 heteroatoms. The highest BCUT2D eigenvalue weighted by molar-refractivity contribution is 5.72. The first-order valence-electron chi connectivity index (χ1n) is 7.45. The van der Waals surface area contributed by atoms with Gasteiger partial charge in [0.25, 0.3) is 0 Å². The molecule has 0 aromatic carbocycles. The number of halogens is 8. The first-order chi connectivity index (χ1) is 10.9. The molecule has 0 saturated heterocycles. The lowest BCUT2D eigenvalue weighted by molar-refractivity contribution is -0.344. The molecular weight excluding hydrogens is 352 g/mol. The number of carbonyl (C=O) groups is 1. The van der Waals surface area contributed by atoms with Crippen LogP contribution in [0.3, 0.4) is 0 Å². The van der Waals surface area contributed by atoms with Crippen molar-refractivity contribution in [3.05, 3.63) is 0 Å². The summed E-state index contributed by atoms with van der Waals surface area (Å²) in [5.41, 5.74) is 0. The van der Waals surface area contributed by atoms with Crippen molar-refractivity contribution in [3.8, 4) is 0 Å². The summed E-state index contributed by atoms with van der Waals surface area (Å²) in [6, 6.07) is 0. The maximum absolute atomic E-state index is 13.3. The molecule has 0 aromatic heterocycles. The Morgan fingerprint density at radius 3 is 1.96 bits per heavy atom. The molecule has 142 valence electrons. The van der Waals surface area contributed by atoms with Crippen LogP contribution in [0.2, 0.25) is 0 Å². The number of ether oxygens (including phenoxy) is 1. The predicted octanol–water partition coefficient (Wildman–Crippen LogP) is 4.92. The molecule has 0 unspecified atom stereocenters. The van der Waals surface area contributed by atoms with Gasteiger partial charge in [-0.25, -0.2) is 8.78 Å². The topological polar surface area (TPSA) is 26.3 Å². The zero-order chi connectivity index (χ0) is 18.8. The average molecular weight is 370 g/mol. The molecule has 0 aliphatic heterocycles. The van der Waals surface area contributed by atoms with Crippen molar-refractivity contribution in [3.63, 3.8) is 0 Å². The summed E-state index contributed by atoms with van der Waals surface area (Å²) in [5.74, 6) is -19.8. The van der Waals surface area contributed by atoms with Crippen LogP contribution in [0.5, 0.6) is 0 Å². The second-order valence-corrected chi connectivity index (χ2v) is 5.94. The van der Waals surface area contributed by atoms with Crippen molar-refractivity contribution >= 4 is 5.97 Å². The summed E-state index contributed by atoms with van der Waals surface area (Å²) < 4.78 is 106. The summed E-state index contributed by atoms with van der Waals surface area (Å²) in [6.45, 7) is -0.440. The van der Waals surface area contributed by atoms with Crippen molar-refractivity contribution < 1.29 is 44.7 Å². The Kier molecular flexibility index (Phi) is 6.49. The Morgan fingerprint density at radius 2 is 1.54 bits per heavy atom. The van der Waals surface area contributed by atoms with E-state index < -0.39 is 42.7 Å². The van der Waals surface area contributed by atoms with E-state index >= 15 is 0 Å². The molecule has 0 bridgehead atoms. The third-order valence-electron chi connectivity index (χ3n) is 4.31. The average Bonchev–Trinajstić information content (AvgIpc) is 2.52. The summed E-state index contributed by atoms with van der Waals surface area (Å²) in [7, 11) is 0. The van der Waals surface area contributed by atoms with Gasteiger partial charge in [0.1, 0.15) is 0 Å². The number of hydrogen-bond donors (Lipinski definition) is 0. The molecule has 1 rings (SSSR count). The standard InChI is InChI=1S/C14H18F8O2/c1-2-8-3-5-9(6-4-8)10(23)24-7-12(17,18)14(21,22)13(19,20)11(15)16/h8-9,11H,2-7H2,1H3/t8-,9-. The molecule has 1 aliphatic carbocycles. The molecule has 0 atom stereocenters. The van der Waals surface area contributed by atoms with Gasteiger partial charge in [0.15, 0.2) is 6.61 Å². The van der Waals surface area contributed by atoms with Crippen LogP contribution in [0.4, 0.5) is 35.1 Å². The molecule has 1 saturated carbocycles. The van der Waals surface area contributed by atoms with E-state index in [9.17, 15) is 39.9 Å². The maximum Gasteiger partial charge on any atom is 0.381 e. The Morgan fingerprint density at radius 1 is 1.04 bits per heavy atom. The third-order valence-corrected chi connectivity index (χ3v) is 4.31. The van der Waals surface area contributed by atoms with Crippen LogP contribution in [0, 0.1) is 11.8 Å². The van der Waals surface area contributed by atoms with Crippen LogP contribution in [0.25, 0.3) is 0 Å². The Bertz CT molecular complexity index is 430. The van der Waals surface area contributed by atoms with Crippen LogP contribution < -0.4 is 0 Å². The van der Waals surface area contributed by atoms with E-state index in [4.69, 9.17) is 0 Å². The fourth-order valence-corrected chi connectivity index (χ4v) is 2.56. The molecule has 0 amide bonds. The van der Waals surface area contributed by atoms with Gasteiger partial charge in [-0.3, -0.25) is 4.79 Å². The molecule has 1 aliphatic rings. The van der Waals surface area contributed by atoms with E-state index in [1.807, 2.05) is 6.92 Å². The van der Waals surface area contributed by atoms with Crippen LogP contribution >= 0.6 is 0 Å². The smallest absolute Gasteiger partial charge is 0.381 e. The highest BCUT2D eigenvalue weighted by Gasteiger charge is 2.75. The number of alkyl halides is 8. The lowest BCUT2D eigenvalue weighted by Crippen LogP contribution is -2.59. The second-order valence-electron chi connectivity index (χ2n) is 5.94. The van der Waals surface area contributed by atoms with Crippen LogP contribution in [-0.4, -0.2) is 36.8 Å². The van der Waals surface area contributed by atoms with Gasteiger partial charge < -0.3 is 4.74 Å². The Hall–Kier alpha value is -1.09. The fourth-order valence-electron chi connectivity index (χ4n) is 2.56. The molecule has 1 fully saturated rings. The summed E-state index contributed by atoms with van der Waals surface area (Å²) in [6.07, 6.45) is -2.23. The van der Waals surface area contributed by atoms with Crippen LogP contribution in [0.15, 0.2) is 0 Å². The van der Waals surface area contributed by atoms with Crippen molar-refractivity contribution in [2.24, 2.45) is 11.8 Å². The first kappa shape index (κ1) is 21.0. The molecule has 0 heterocycles. The molecule has 2 nitrogen and oxygen atoms in total. The van der Waals surface area contributed by atoms with Crippen LogP contribution in [-0.2, 0) is 9.53 Å². The molecule has 0 N–H and O–H groups in total. The van der Waals surface area contributed by atoms with Gasteiger partial charge in [-0.15, -0.1) is 0 Å². The minimum Gasteiger partial charge on any atom is -0.459 e. The van der Waals surface area contributed by atoms with Crippen molar-refractivity contribution in [2.75, 3.05) is 6.61 Å². The predicted molar refractivity (Wildman–Crippen MR) is 67.5 cm³/mol. The van der Waals surface area contributed by atoms with Crippen molar-refractivity contribution in [2.45, 2.75) is 63.2 Å². The zero-order valence-corrected chi connectivity index (χ0v) is 12.8. The highest BCUT2D eigenvalue weighted by atomic mass is 19.4. The van der Waals surface area contributed by atoms with E-state index in [0.717, 1.165) is 6.42 Å². The van der Waals surface area contributed by atoms with E-state index in [1.54, 1.807) is 0 Å². The Labute approximate surface area is 133 Å². The lowest BCUT2D eigenvalue weighted by atomic mass is 9.81. The minimum absolute atomic E-state index is 0.312. The highest BCUT2D eigenvalue weighted by Crippen LogP contribution is 2.48. The largest absolute Gasteiger partial charge is 0.459 e. The van der Waals surface area contributed by atoms with Gasteiger partial charge in [-0.05, 0) is 31.6 Å². The van der Waals surface area contributed by atoms with Gasteiger partial charge in [0, 0.05) is 0 Å². The summed E-state index contributed by atoms with van der Waals surface area (Å²) in [5, 5.41) is 0. The van der Waals surface area contributed by atoms with Crippen molar-refractivity contribution in [1.29, 1.82) is 0 Å². The molecule has 0 radical (unpaired) electrons. The van der Waals surface area contributed by atoms with Crippen molar-refractivity contribution in [1.82, 2.24) is 0 Å². The third kappa shape index (κ3) is 4.11. The number of carbonyl (C=O) groups excluding carboxylic acids is 1. The monoisotopic (exact) mass is 370 g/mol. The number of hydrogen-bond acceptors (Lipinski definition) is 2. The van der Waals surface area contributed by atoms with E-state index in [-0.39, 0.29) is 0 Å². The lowest BCUT2D eigenvalue weighted by Gasteiger charge is -2.32. The molecular formula is C14H18F8O2. The summed E-state index contributed by atoms with van der Waals surface area (Å²) >= 11 is 0. The summed E-state index contributed by atoms with van der Waals surface area (Å²) in [4.78, 5) is 11.6. The zero-order valence-electron chi connectivity index (χ0n) is 12.8. The van der Waals surface area contributed by atoms with Gasteiger partial charge in [-0.2, -0.15) is 26.3 Å². The van der Waals surface area contributed by atoms with Gasteiger partial charge >= 0.3 is 30.2 Å². The fraction of sp³-hybridized carbons (Fsp3) is 0.929. The van der Waals surface area contributed by atoms with E-state index in [1.165, 1.54) is 0 Å². The molecule has 0 spiro atoms. The molecule has 0 aromatic rings. The maximum atomic E-state index is 13.3. The van der Waals surface area contributed by atoms with Gasteiger partial charge in [0.2, 0.25) is 0 Å². The van der Waals surface area contributed by atoms with E-state index in [0.29, 0.717) is 31.6 Å². The van der Waals surface area contributed by atoms with E-state index in [2.05, 4.69) is 4.74 Å². The SMILES string of the molecule is CC[C@H]1CC[C@H](C(=O)OCC(F)(F)C(F)(F)C(F)(F)C(F)F)CC1. The Balaban J connectivity index is 2.66. The number of rotatable bonds is 7. The number of esters is 1. The minimum atomic E-state index is -6.35. The second kappa shape index (κ2) is 7.43. The normalized spacial score (nSPS) is 23.4.